The topological polar surface area (TPSA) is 82.2 Å². The van der Waals surface area contributed by atoms with Gasteiger partial charge in [0.1, 0.15) is 11.4 Å². The van der Waals surface area contributed by atoms with Gasteiger partial charge in [-0.25, -0.2) is 9.18 Å². The molecule has 0 atom stereocenters. The van der Waals surface area contributed by atoms with Gasteiger partial charge in [0.05, 0.1) is 11.2 Å². The van der Waals surface area contributed by atoms with Crippen molar-refractivity contribution >= 4 is 34.2 Å². The van der Waals surface area contributed by atoms with Crippen LogP contribution in [0.2, 0.25) is 0 Å². The molecule has 0 unspecified atom stereocenters. The third-order valence-corrected chi connectivity index (χ3v) is 3.43. The number of fused-ring (bicyclic) bond motifs is 1. The Morgan fingerprint density at radius 3 is 2.64 bits per heavy atom. The lowest BCUT2D eigenvalue weighted by Crippen LogP contribution is -2.27. The second-order valence-corrected chi connectivity index (χ2v) is 6.61. The van der Waals surface area contributed by atoms with Gasteiger partial charge in [-0.15, -0.1) is 5.10 Å². The van der Waals surface area contributed by atoms with Crippen molar-refractivity contribution in [3.8, 4) is 0 Å². The maximum absolute atomic E-state index is 13.8. The predicted molar refractivity (Wildman–Crippen MR) is 95.5 cm³/mol. The van der Waals surface area contributed by atoms with Crippen molar-refractivity contribution in [2.24, 2.45) is 0 Å². The molecular weight excluding hydrogens is 323 g/mol. The summed E-state index contributed by atoms with van der Waals surface area (Å²) in [6.45, 7) is 5.31. The fraction of sp³-hybridized carbons (Fsp3) is 0.222. The van der Waals surface area contributed by atoms with Crippen molar-refractivity contribution in [1.29, 1.82) is 0 Å². The second kappa shape index (κ2) is 6.08. The van der Waals surface area contributed by atoms with Crippen molar-refractivity contribution in [1.82, 2.24) is 9.78 Å². The van der Waals surface area contributed by atoms with Crippen LogP contribution >= 0.6 is 0 Å². The molecule has 0 aliphatic carbocycles. The van der Waals surface area contributed by atoms with E-state index in [4.69, 9.17) is 10.5 Å². The van der Waals surface area contributed by atoms with Crippen LogP contribution in [0.15, 0.2) is 42.5 Å². The molecule has 7 heteroatoms. The molecular formula is C18H19FN4O2. The molecule has 6 nitrogen and oxygen atoms in total. The molecule has 0 aliphatic rings. The van der Waals surface area contributed by atoms with Crippen LogP contribution in [-0.2, 0) is 4.74 Å². The minimum atomic E-state index is -0.660. The third kappa shape index (κ3) is 3.55. The molecule has 2 aromatic carbocycles. The number of anilines is 3. The highest BCUT2D eigenvalue weighted by Gasteiger charge is 2.21. The number of para-hydroxylation sites is 1. The number of benzene rings is 2. The Morgan fingerprint density at radius 1 is 1.24 bits per heavy atom. The van der Waals surface area contributed by atoms with E-state index < -0.39 is 11.7 Å². The number of carbonyl (C=O) groups is 1. The van der Waals surface area contributed by atoms with E-state index in [1.54, 1.807) is 57.2 Å². The van der Waals surface area contributed by atoms with Crippen molar-refractivity contribution < 1.29 is 13.9 Å². The van der Waals surface area contributed by atoms with E-state index in [0.29, 0.717) is 22.3 Å². The van der Waals surface area contributed by atoms with E-state index in [2.05, 4.69) is 10.4 Å². The summed E-state index contributed by atoms with van der Waals surface area (Å²) in [6, 6.07) is 11.5. The zero-order chi connectivity index (χ0) is 18.2. The highest BCUT2D eigenvalue weighted by molar-refractivity contribution is 5.96. The van der Waals surface area contributed by atoms with Gasteiger partial charge in [-0.05, 0) is 51.1 Å². The molecule has 1 heterocycles. The maximum Gasteiger partial charge on any atom is 0.435 e. The number of ether oxygens (including phenoxy) is 1. The number of hydrogen-bond acceptors (Lipinski definition) is 5. The monoisotopic (exact) mass is 342 g/mol. The van der Waals surface area contributed by atoms with Crippen LogP contribution in [0.1, 0.15) is 20.8 Å². The Hall–Kier alpha value is -3.09. The molecule has 0 radical (unpaired) electrons. The number of nitrogens with zero attached hydrogens (tertiary/aromatic N) is 2. The molecule has 3 aromatic rings. The zero-order valence-electron chi connectivity index (χ0n) is 14.2. The normalized spacial score (nSPS) is 11.5. The van der Waals surface area contributed by atoms with Gasteiger partial charge in [-0.1, -0.05) is 12.1 Å². The number of carbonyl (C=O) groups excluding carboxylic acids is 1. The maximum atomic E-state index is 13.8. The van der Waals surface area contributed by atoms with Gasteiger partial charge < -0.3 is 15.8 Å². The van der Waals surface area contributed by atoms with Gasteiger partial charge in [0.2, 0.25) is 0 Å². The van der Waals surface area contributed by atoms with Gasteiger partial charge in [-0.3, -0.25) is 0 Å². The van der Waals surface area contributed by atoms with Crippen LogP contribution < -0.4 is 11.1 Å². The number of nitrogens with two attached hydrogens (primary N) is 1. The summed E-state index contributed by atoms with van der Waals surface area (Å²) in [5.41, 5.74) is 6.64. The Labute approximate surface area is 144 Å². The Balaban J connectivity index is 2.00. The van der Waals surface area contributed by atoms with Crippen molar-refractivity contribution in [2.45, 2.75) is 26.4 Å². The summed E-state index contributed by atoms with van der Waals surface area (Å²) in [6.07, 6.45) is -0.628. The lowest BCUT2D eigenvalue weighted by atomic mass is 10.2. The largest absolute Gasteiger partial charge is 0.442 e. The first-order valence-electron chi connectivity index (χ1n) is 7.78. The first-order chi connectivity index (χ1) is 11.7. The predicted octanol–water partition coefficient (Wildman–Crippen LogP) is 4.28. The first kappa shape index (κ1) is 16.8. The number of aromatic nitrogens is 2. The highest BCUT2D eigenvalue weighted by Crippen LogP contribution is 2.27. The molecule has 1 aromatic heterocycles. The summed E-state index contributed by atoms with van der Waals surface area (Å²) < 4.78 is 20.3. The molecule has 130 valence electrons. The molecule has 0 saturated heterocycles. The van der Waals surface area contributed by atoms with Crippen molar-refractivity contribution in [2.75, 3.05) is 11.1 Å². The van der Waals surface area contributed by atoms with Crippen LogP contribution in [0.5, 0.6) is 0 Å². The average molecular weight is 342 g/mol. The van der Waals surface area contributed by atoms with E-state index >= 15 is 0 Å². The van der Waals surface area contributed by atoms with E-state index in [1.165, 1.54) is 6.07 Å². The molecule has 0 fully saturated rings. The summed E-state index contributed by atoms with van der Waals surface area (Å²) in [5, 5.41) is 7.65. The fourth-order valence-corrected chi connectivity index (χ4v) is 2.38. The summed E-state index contributed by atoms with van der Waals surface area (Å²) >= 11 is 0. The second-order valence-electron chi connectivity index (χ2n) is 6.61. The third-order valence-electron chi connectivity index (χ3n) is 3.43. The Morgan fingerprint density at radius 2 is 1.96 bits per heavy atom. The van der Waals surface area contributed by atoms with Gasteiger partial charge in [-0.2, -0.15) is 4.68 Å². The standard InChI is InChI=1S/C18H19FN4O2/c1-18(2,3)25-17(24)23-15-10-11(8-9-12(15)16(20)22-23)21-14-7-5-4-6-13(14)19/h4-10,21H,1-3H3,(H2,20,22). The molecule has 0 spiro atoms. The van der Waals surface area contributed by atoms with Gasteiger partial charge in [0.15, 0.2) is 5.82 Å². The van der Waals surface area contributed by atoms with Gasteiger partial charge in [0, 0.05) is 11.1 Å². The van der Waals surface area contributed by atoms with Crippen molar-refractivity contribution in [3.05, 3.63) is 48.3 Å². The van der Waals surface area contributed by atoms with Crippen LogP contribution in [0, 0.1) is 5.82 Å². The number of halogens is 1. The van der Waals surface area contributed by atoms with E-state index in [-0.39, 0.29) is 11.6 Å². The quantitative estimate of drug-likeness (QED) is 0.726. The van der Waals surface area contributed by atoms with Gasteiger partial charge >= 0.3 is 6.09 Å². The summed E-state index contributed by atoms with van der Waals surface area (Å²) in [7, 11) is 0. The number of rotatable bonds is 2. The van der Waals surface area contributed by atoms with E-state index in [9.17, 15) is 9.18 Å². The zero-order valence-corrected chi connectivity index (χ0v) is 14.2. The van der Waals surface area contributed by atoms with Crippen LogP contribution in [0.4, 0.5) is 26.4 Å². The molecule has 0 amide bonds. The molecule has 0 saturated carbocycles. The average Bonchev–Trinajstić information content (AvgIpc) is 2.85. The smallest absolute Gasteiger partial charge is 0.435 e. The van der Waals surface area contributed by atoms with Crippen LogP contribution in [-0.4, -0.2) is 21.5 Å². The molecule has 0 bridgehead atoms. The molecule has 25 heavy (non-hydrogen) atoms. The van der Waals surface area contributed by atoms with Crippen LogP contribution in [0.3, 0.4) is 0 Å². The first-order valence-corrected chi connectivity index (χ1v) is 7.78. The number of nitrogens with one attached hydrogen (secondary N) is 1. The summed E-state index contributed by atoms with van der Waals surface area (Å²) in [4.78, 5) is 12.4. The highest BCUT2D eigenvalue weighted by atomic mass is 19.1. The Bertz CT molecular complexity index is 944. The van der Waals surface area contributed by atoms with E-state index in [1.807, 2.05) is 0 Å². The van der Waals surface area contributed by atoms with E-state index in [0.717, 1.165) is 4.68 Å². The van der Waals surface area contributed by atoms with Crippen molar-refractivity contribution in [3.63, 3.8) is 0 Å². The number of hydrogen-bond donors (Lipinski definition) is 2. The number of nitrogen functional groups attached to an aromatic ring is 1. The lowest BCUT2D eigenvalue weighted by Gasteiger charge is -2.19. The Kier molecular flexibility index (Phi) is 4.08. The minimum absolute atomic E-state index is 0.221. The fourth-order valence-electron chi connectivity index (χ4n) is 2.38. The summed E-state index contributed by atoms with van der Waals surface area (Å²) in [5.74, 6) is -0.152. The molecule has 3 rings (SSSR count). The van der Waals surface area contributed by atoms with Crippen LogP contribution in [0.25, 0.3) is 10.9 Å². The molecule has 0 aliphatic heterocycles. The SMILES string of the molecule is CC(C)(C)OC(=O)n1nc(N)c2ccc(Nc3ccccc3F)cc21. The van der Waals surface area contributed by atoms with Gasteiger partial charge in [0.25, 0.3) is 0 Å². The molecule has 3 N–H and O–H groups in total. The minimum Gasteiger partial charge on any atom is -0.442 e. The lowest BCUT2D eigenvalue weighted by molar-refractivity contribution is 0.0523.